The van der Waals surface area contributed by atoms with Crippen molar-refractivity contribution in [3.05, 3.63) is 47.2 Å². The number of ketones is 1. The average Bonchev–Trinajstić information content (AvgIpc) is 3.02. The van der Waals surface area contributed by atoms with Crippen molar-refractivity contribution in [2.45, 2.75) is 27.3 Å². The quantitative estimate of drug-likeness (QED) is 0.760. The summed E-state index contributed by atoms with van der Waals surface area (Å²) in [5, 5.41) is 0. The number of rotatable bonds is 6. The Balaban J connectivity index is 2.07. The van der Waals surface area contributed by atoms with Crippen LogP contribution in [0.5, 0.6) is 0 Å². The summed E-state index contributed by atoms with van der Waals surface area (Å²) < 4.78 is 7.39. The van der Waals surface area contributed by atoms with E-state index in [4.69, 9.17) is 4.42 Å². The zero-order chi connectivity index (χ0) is 14.7. The molecule has 0 fully saturated rings. The largest absolute Gasteiger partial charge is 0.468 e. The fourth-order valence-electron chi connectivity index (χ4n) is 2.33. The van der Waals surface area contributed by atoms with E-state index in [-0.39, 0.29) is 5.78 Å². The topological polar surface area (TPSA) is 38.4 Å². The molecule has 20 heavy (non-hydrogen) atoms. The Labute approximate surface area is 120 Å². The molecule has 0 bridgehead atoms. The molecule has 0 saturated heterocycles. The molecule has 0 aliphatic rings. The van der Waals surface area contributed by atoms with Gasteiger partial charge in [-0.1, -0.05) is 6.92 Å². The summed E-state index contributed by atoms with van der Waals surface area (Å²) in [4.78, 5) is 14.5. The van der Waals surface area contributed by atoms with Crippen molar-refractivity contribution in [1.82, 2.24) is 9.47 Å². The van der Waals surface area contributed by atoms with Crippen LogP contribution in [0.15, 0.2) is 28.9 Å². The number of furan rings is 1. The second kappa shape index (κ2) is 6.09. The minimum absolute atomic E-state index is 0.166. The van der Waals surface area contributed by atoms with E-state index >= 15 is 0 Å². The molecule has 0 aromatic carbocycles. The molecular weight excluding hydrogens is 252 g/mol. The van der Waals surface area contributed by atoms with Gasteiger partial charge >= 0.3 is 0 Å². The van der Waals surface area contributed by atoms with Crippen LogP contribution >= 0.6 is 0 Å². The molecule has 2 rings (SSSR count). The minimum Gasteiger partial charge on any atom is -0.468 e. The summed E-state index contributed by atoms with van der Waals surface area (Å²) in [6.07, 6.45) is 1.66. The Morgan fingerprint density at radius 2 is 2.15 bits per heavy atom. The van der Waals surface area contributed by atoms with Gasteiger partial charge in [-0.05, 0) is 38.6 Å². The molecule has 0 spiro atoms. The first kappa shape index (κ1) is 14.6. The van der Waals surface area contributed by atoms with Gasteiger partial charge in [0.05, 0.1) is 19.4 Å². The van der Waals surface area contributed by atoms with E-state index in [1.807, 2.05) is 39.1 Å². The van der Waals surface area contributed by atoms with E-state index in [1.165, 1.54) is 0 Å². The molecule has 2 heterocycles. The van der Waals surface area contributed by atoms with E-state index in [0.717, 1.165) is 29.3 Å². The van der Waals surface area contributed by atoms with Gasteiger partial charge in [0.2, 0.25) is 0 Å². The standard InChI is InChI=1S/C16H22N2O2/c1-5-18(10-14-7-6-8-20-14)11-16(19)15-9-12(2)17(4)13(15)3/h6-9H,5,10-11H2,1-4H3. The summed E-state index contributed by atoms with van der Waals surface area (Å²) in [7, 11) is 1.99. The van der Waals surface area contributed by atoms with Crippen LogP contribution in [0.1, 0.15) is 34.4 Å². The van der Waals surface area contributed by atoms with Crippen LogP contribution in [-0.4, -0.2) is 28.3 Å². The van der Waals surface area contributed by atoms with Crippen molar-refractivity contribution < 1.29 is 9.21 Å². The molecule has 0 saturated carbocycles. The van der Waals surface area contributed by atoms with E-state index in [0.29, 0.717) is 13.1 Å². The van der Waals surface area contributed by atoms with Crippen molar-refractivity contribution in [2.24, 2.45) is 7.05 Å². The van der Waals surface area contributed by atoms with Crippen molar-refractivity contribution in [2.75, 3.05) is 13.1 Å². The monoisotopic (exact) mass is 274 g/mol. The maximum atomic E-state index is 12.4. The summed E-state index contributed by atoms with van der Waals surface area (Å²) in [6.45, 7) is 7.96. The maximum Gasteiger partial charge on any atom is 0.178 e. The van der Waals surface area contributed by atoms with Crippen molar-refractivity contribution >= 4 is 5.78 Å². The molecule has 0 aliphatic heterocycles. The predicted octanol–water partition coefficient (Wildman–Crippen LogP) is 2.94. The lowest BCUT2D eigenvalue weighted by molar-refractivity contribution is 0.0924. The molecule has 108 valence electrons. The smallest absolute Gasteiger partial charge is 0.178 e. The maximum absolute atomic E-state index is 12.4. The first-order valence-electron chi connectivity index (χ1n) is 6.93. The molecule has 0 N–H and O–H groups in total. The third-order valence-electron chi connectivity index (χ3n) is 3.85. The number of aryl methyl sites for hydroxylation is 1. The van der Waals surface area contributed by atoms with Gasteiger partial charge in [-0.2, -0.15) is 0 Å². The number of carbonyl (C=O) groups is 1. The van der Waals surface area contributed by atoms with E-state index in [1.54, 1.807) is 6.26 Å². The summed E-state index contributed by atoms with van der Waals surface area (Å²) in [6, 6.07) is 5.78. The Kier molecular flexibility index (Phi) is 4.45. The summed E-state index contributed by atoms with van der Waals surface area (Å²) in [5.74, 6) is 1.06. The molecule has 0 aliphatic carbocycles. The molecule has 4 heteroatoms. The van der Waals surface area contributed by atoms with Crippen LogP contribution in [0.4, 0.5) is 0 Å². The highest BCUT2D eigenvalue weighted by atomic mass is 16.3. The van der Waals surface area contributed by atoms with Crippen LogP contribution in [0.3, 0.4) is 0 Å². The van der Waals surface area contributed by atoms with Gasteiger partial charge < -0.3 is 8.98 Å². The first-order chi connectivity index (χ1) is 9.52. The molecular formula is C16H22N2O2. The van der Waals surface area contributed by atoms with Crippen LogP contribution < -0.4 is 0 Å². The lowest BCUT2D eigenvalue weighted by atomic mass is 10.1. The molecule has 0 unspecified atom stereocenters. The van der Waals surface area contributed by atoms with Gasteiger partial charge in [-0.3, -0.25) is 9.69 Å². The fraction of sp³-hybridized carbons (Fsp3) is 0.438. The van der Waals surface area contributed by atoms with Gasteiger partial charge in [0.1, 0.15) is 5.76 Å². The zero-order valence-corrected chi connectivity index (χ0v) is 12.6. The number of hydrogen-bond acceptors (Lipinski definition) is 3. The van der Waals surface area contributed by atoms with Crippen molar-refractivity contribution in [3.63, 3.8) is 0 Å². The predicted molar refractivity (Wildman–Crippen MR) is 78.9 cm³/mol. The summed E-state index contributed by atoms with van der Waals surface area (Å²) in [5.41, 5.74) is 2.96. The second-order valence-electron chi connectivity index (χ2n) is 5.15. The Bertz CT molecular complexity index is 582. The number of aromatic nitrogens is 1. The van der Waals surface area contributed by atoms with Gasteiger partial charge in [0.15, 0.2) is 5.78 Å². The molecule has 4 nitrogen and oxygen atoms in total. The van der Waals surface area contributed by atoms with Crippen molar-refractivity contribution in [3.8, 4) is 0 Å². The third kappa shape index (κ3) is 3.02. The average molecular weight is 274 g/mol. The van der Waals surface area contributed by atoms with Crippen LogP contribution in [0.2, 0.25) is 0 Å². The lowest BCUT2D eigenvalue weighted by Crippen LogP contribution is -2.29. The number of carbonyl (C=O) groups excluding carboxylic acids is 1. The van der Waals surface area contributed by atoms with Crippen LogP contribution in [0, 0.1) is 13.8 Å². The van der Waals surface area contributed by atoms with E-state index < -0.39 is 0 Å². The van der Waals surface area contributed by atoms with Crippen LogP contribution in [0.25, 0.3) is 0 Å². The number of Topliss-reactive ketones (excluding diaryl/α,β-unsaturated/α-hetero) is 1. The fourth-order valence-corrected chi connectivity index (χ4v) is 2.33. The van der Waals surface area contributed by atoms with Gasteiger partial charge in [0.25, 0.3) is 0 Å². The van der Waals surface area contributed by atoms with Gasteiger partial charge in [0, 0.05) is 24.0 Å². The highest BCUT2D eigenvalue weighted by molar-refractivity contribution is 5.99. The highest BCUT2D eigenvalue weighted by Crippen LogP contribution is 2.15. The molecule has 2 aromatic heterocycles. The lowest BCUT2D eigenvalue weighted by Gasteiger charge is -2.18. The number of nitrogens with zero attached hydrogens (tertiary/aromatic N) is 2. The second-order valence-corrected chi connectivity index (χ2v) is 5.15. The molecule has 0 atom stereocenters. The third-order valence-corrected chi connectivity index (χ3v) is 3.85. The summed E-state index contributed by atoms with van der Waals surface area (Å²) >= 11 is 0. The van der Waals surface area contributed by atoms with Gasteiger partial charge in [-0.15, -0.1) is 0 Å². The minimum atomic E-state index is 0.166. The normalized spacial score (nSPS) is 11.2. The number of likely N-dealkylation sites (N-methyl/N-ethyl adjacent to an activating group) is 1. The Hall–Kier alpha value is -1.81. The SMILES string of the molecule is CCN(CC(=O)c1cc(C)n(C)c1C)Cc1ccco1. The van der Waals surface area contributed by atoms with Crippen LogP contribution in [-0.2, 0) is 13.6 Å². The van der Waals surface area contributed by atoms with Crippen molar-refractivity contribution in [1.29, 1.82) is 0 Å². The molecule has 0 amide bonds. The van der Waals surface area contributed by atoms with E-state index in [9.17, 15) is 4.79 Å². The van der Waals surface area contributed by atoms with E-state index in [2.05, 4.69) is 16.4 Å². The Morgan fingerprint density at radius 1 is 1.40 bits per heavy atom. The molecule has 2 aromatic rings. The highest BCUT2D eigenvalue weighted by Gasteiger charge is 2.17. The zero-order valence-electron chi connectivity index (χ0n) is 12.6. The Morgan fingerprint density at radius 3 is 2.65 bits per heavy atom. The number of hydrogen-bond donors (Lipinski definition) is 0. The first-order valence-corrected chi connectivity index (χ1v) is 6.93. The molecule has 0 radical (unpaired) electrons. The van der Waals surface area contributed by atoms with Gasteiger partial charge in [-0.25, -0.2) is 0 Å².